The van der Waals surface area contributed by atoms with Crippen LogP contribution in [0.2, 0.25) is 5.02 Å². The number of carbonyl (C=O) groups is 2. The van der Waals surface area contributed by atoms with Gasteiger partial charge < -0.3 is 10.6 Å². The van der Waals surface area contributed by atoms with E-state index >= 15 is 0 Å². The van der Waals surface area contributed by atoms with E-state index < -0.39 is 0 Å². The number of rotatable bonds is 1. The summed E-state index contributed by atoms with van der Waals surface area (Å²) >= 11 is 6.29. The SMILES string of the molecule is CN1[C@@H]2CCC[C@H]1C[C@H](N1C(=O)c3cccc4c(N)c(Cl)cc(c34)C1=O)C2. The third kappa shape index (κ3) is 2.34. The quantitative estimate of drug-likeness (QED) is 0.602. The van der Waals surface area contributed by atoms with E-state index in [9.17, 15) is 9.59 Å². The van der Waals surface area contributed by atoms with E-state index in [-0.39, 0.29) is 17.9 Å². The van der Waals surface area contributed by atoms with Gasteiger partial charge >= 0.3 is 0 Å². The van der Waals surface area contributed by atoms with Crippen molar-refractivity contribution in [1.82, 2.24) is 9.80 Å². The van der Waals surface area contributed by atoms with Crippen LogP contribution in [0.3, 0.4) is 0 Å². The molecule has 5 rings (SSSR count). The molecule has 6 heteroatoms. The smallest absolute Gasteiger partial charge is 0.261 e. The van der Waals surface area contributed by atoms with Gasteiger partial charge in [-0.05, 0) is 44.9 Å². The summed E-state index contributed by atoms with van der Waals surface area (Å²) in [6.45, 7) is 0. The van der Waals surface area contributed by atoms with Crippen LogP contribution in [0.5, 0.6) is 0 Å². The second-order valence-electron chi connectivity index (χ2n) is 8.06. The second kappa shape index (κ2) is 5.94. The fourth-order valence-corrected chi connectivity index (χ4v) is 5.51. The van der Waals surface area contributed by atoms with Gasteiger partial charge in [-0.2, -0.15) is 0 Å². The van der Waals surface area contributed by atoms with Gasteiger partial charge in [-0.1, -0.05) is 30.2 Å². The number of amides is 2. The molecule has 140 valence electrons. The third-order valence-electron chi connectivity index (χ3n) is 6.73. The lowest BCUT2D eigenvalue weighted by atomic mass is 9.80. The maximum Gasteiger partial charge on any atom is 0.261 e. The summed E-state index contributed by atoms with van der Waals surface area (Å²) < 4.78 is 0. The van der Waals surface area contributed by atoms with E-state index in [1.54, 1.807) is 12.1 Å². The Morgan fingerprint density at radius 3 is 2.41 bits per heavy atom. The summed E-state index contributed by atoms with van der Waals surface area (Å²) in [6, 6.07) is 7.86. The lowest BCUT2D eigenvalue weighted by Crippen LogP contribution is -2.58. The molecule has 2 aromatic rings. The first-order valence-corrected chi connectivity index (χ1v) is 9.95. The highest BCUT2D eigenvalue weighted by Gasteiger charge is 2.44. The number of piperidine rings is 2. The van der Waals surface area contributed by atoms with Crippen LogP contribution in [0, 0.1) is 0 Å². The average Bonchev–Trinajstić information content (AvgIpc) is 2.64. The molecule has 3 aliphatic heterocycles. The lowest BCUT2D eigenvalue weighted by Gasteiger charge is -2.49. The van der Waals surface area contributed by atoms with Crippen LogP contribution in [0.1, 0.15) is 52.8 Å². The molecule has 0 radical (unpaired) electrons. The number of fused-ring (bicyclic) bond motifs is 2. The van der Waals surface area contributed by atoms with Crippen LogP contribution in [-0.2, 0) is 0 Å². The molecule has 2 aromatic carbocycles. The molecular formula is C21H22ClN3O2. The van der Waals surface area contributed by atoms with E-state index in [2.05, 4.69) is 11.9 Å². The minimum atomic E-state index is -0.238. The van der Waals surface area contributed by atoms with Crippen molar-refractivity contribution in [1.29, 1.82) is 0 Å². The Labute approximate surface area is 163 Å². The molecule has 2 saturated heterocycles. The van der Waals surface area contributed by atoms with Crippen molar-refractivity contribution in [3.8, 4) is 0 Å². The predicted octanol–water partition coefficient (Wildman–Crippen LogP) is 3.69. The Kier molecular flexibility index (Phi) is 3.75. The number of nitrogen functional groups attached to an aromatic ring is 1. The molecular weight excluding hydrogens is 362 g/mol. The van der Waals surface area contributed by atoms with Crippen molar-refractivity contribution in [2.75, 3.05) is 12.8 Å². The predicted molar refractivity (Wildman–Crippen MR) is 106 cm³/mol. The van der Waals surface area contributed by atoms with Crippen molar-refractivity contribution < 1.29 is 9.59 Å². The van der Waals surface area contributed by atoms with Gasteiger partial charge in [0.05, 0.1) is 16.3 Å². The Balaban J connectivity index is 1.62. The number of halogens is 1. The van der Waals surface area contributed by atoms with Gasteiger partial charge in [0.1, 0.15) is 0 Å². The zero-order valence-corrected chi connectivity index (χ0v) is 16.0. The van der Waals surface area contributed by atoms with Crippen molar-refractivity contribution in [3.05, 3.63) is 40.4 Å². The van der Waals surface area contributed by atoms with Crippen LogP contribution in [0.4, 0.5) is 5.69 Å². The molecule has 2 N–H and O–H groups in total. The monoisotopic (exact) mass is 383 g/mol. The maximum atomic E-state index is 13.4. The number of imide groups is 1. The average molecular weight is 384 g/mol. The van der Waals surface area contributed by atoms with Crippen molar-refractivity contribution >= 4 is 39.9 Å². The van der Waals surface area contributed by atoms with E-state index in [0.29, 0.717) is 44.7 Å². The Bertz CT molecular complexity index is 975. The van der Waals surface area contributed by atoms with Gasteiger partial charge in [-0.25, -0.2) is 0 Å². The zero-order chi connectivity index (χ0) is 18.9. The first-order valence-electron chi connectivity index (χ1n) is 9.58. The summed E-state index contributed by atoms with van der Waals surface area (Å²) in [4.78, 5) is 30.6. The minimum Gasteiger partial charge on any atom is -0.397 e. The van der Waals surface area contributed by atoms with Gasteiger partial charge in [0.2, 0.25) is 0 Å². The van der Waals surface area contributed by atoms with Gasteiger partial charge in [0.15, 0.2) is 0 Å². The molecule has 5 nitrogen and oxygen atoms in total. The summed E-state index contributed by atoms with van der Waals surface area (Å²) in [5.74, 6) is -0.439. The van der Waals surface area contributed by atoms with Crippen molar-refractivity contribution in [2.24, 2.45) is 0 Å². The zero-order valence-electron chi connectivity index (χ0n) is 15.2. The van der Waals surface area contributed by atoms with Gasteiger partial charge in [-0.15, -0.1) is 0 Å². The van der Waals surface area contributed by atoms with Crippen molar-refractivity contribution in [2.45, 2.75) is 50.2 Å². The molecule has 3 atom stereocenters. The molecule has 2 fully saturated rings. The Morgan fingerprint density at radius 1 is 1.04 bits per heavy atom. The summed E-state index contributed by atoms with van der Waals surface area (Å²) in [5, 5.41) is 1.67. The number of hydrogen-bond acceptors (Lipinski definition) is 4. The summed E-state index contributed by atoms with van der Waals surface area (Å²) in [7, 11) is 2.17. The highest BCUT2D eigenvalue weighted by molar-refractivity contribution is 6.37. The second-order valence-corrected chi connectivity index (χ2v) is 8.46. The largest absolute Gasteiger partial charge is 0.397 e. The highest BCUT2D eigenvalue weighted by atomic mass is 35.5. The fourth-order valence-electron chi connectivity index (χ4n) is 5.30. The number of hydrogen-bond donors (Lipinski definition) is 1. The Morgan fingerprint density at radius 2 is 1.70 bits per heavy atom. The first-order chi connectivity index (χ1) is 13.0. The molecule has 27 heavy (non-hydrogen) atoms. The van der Waals surface area contributed by atoms with Crippen LogP contribution < -0.4 is 5.73 Å². The molecule has 0 unspecified atom stereocenters. The summed E-state index contributed by atoms with van der Waals surface area (Å²) in [6.07, 6.45) is 5.19. The molecule has 2 bridgehead atoms. The summed E-state index contributed by atoms with van der Waals surface area (Å²) in [5.41, 5.74) is 7.56. The standard InChI is InChI=1S/C21H22ClN3O2/c1-24-11-4-2-5-12(24)9-13(8-11)25-20(26)15-7-3-6-14-18(15)16(21(25)27)10-17(22)19(14)23/h3,6-7,10-13H,2,4-5,8-9,23H2,1H3/t11-,12+,13-. The maximum absolute atomic E-state index is 13.4. The lowest BCUT2D eigenvalue weighted by molar-refractivity contribution is 0.0108. The minimum absolute atomic E-state index is 0.0590. The topological polar surface area (TPSA) is 66.6 Å². The van der Waals surface area contributed by atoms with Crippen LogP contribution in [0.15, 0.2) is 24.3 Å². The molecule has 0 saturated carbocycles. The normalized spacial score (nSPS) is 28.1. The van der Waals surface area contributed by atoms with Gasteiger partial charge in [0.25, 0.3) is 11.8 Å². The van der Waals surface area contributed by atoms with Crippen LogP contribution in [-0.4, -0.2) is 46.8 Å². The van der Waals surface area contributed by atoms with E-state index in [1.165, 1.54) is 11.3 Å². The van der Waals surface area contributed by atoms with Crippen LogP contribution >= 0.6 is 11.6 Å². The number of anilines is 1. The van der Waals surface area contributed by atoms with Crippen molar-refractivity contribution in [3.63, 3.8) is 0 Å². The number of nitrogens with two attached hydrogens (primary N) is 1. The highest BCUT2D eigenvalue weighted by Crippen LogP contribution is 2.41. The van der Waals surface area contributed by atoms with Crippen LogP contribution in [0.25, 0.3) is 10.8 Å². The first kappa shape index (κ1) is 17.0. The third-order valence-corrected chi connectivity index (χ3v) is 7.04. The molecule has 0 aromatic heterocycles. The molecule has 3 aliphatic rings. The molecule has 0 aliphatic carbocycles. The van der Waals surface area contributed by atoms with E-state index in [1.807, 2.05) is 12.1 Å². The number of carbonyl (C=O) groups excluding carboxylic acids is 2. The molecule has 2 amide bonds. The van der Waals surface area contributed by atoms with Gasteiger partial charge in [0, 0.05) is 34.5 Å². The van der Waals surface area contributed by atoms with E-state index in [0.717, 1.165) is 25.7 Å². The number of nitrogens with zero attached hydrogens (tertiary/aromatic N) is 2. The molecule has 0 spiro atoms. The fraction of sp³-hybridized carbons (Fsp3) is 0.429. The van der Waals surface area contributed by atoms with Gasteiger partial charge in [-0.3, -0.25) is 14.5 Å². The molecule has 3 heterocycles. The number of benzene rings is 2. The Hall–Kier alpha value is -2.11. The van der Waals surface area contributed by atoms with E-state index in [4.69, 9.17) is 17.3 Å².